The largest absolute Gasteiger partial charge is 0.444 e. The van der Waals surface area contributed by atoms with E-state index in [1.54, 1.807) is 23.4 Å². The highest BCUT2D eigenvalue weighted by molar-refractivity contribution is 5.91. The molecule has 0 unspecified atom stereocenters. The summed E-state index contributed by atoms with van der Waals surface area (Å²) in [6, 6.07) is 20.2. The molecule has 0 atom stereocenters. The van der Waals surface area contributed by atoms with E-state index in [2.05, 4.69) is 51.7 Å². The zero-order chi connectivity index (χ0) is 28.4. The average molecular weight is 539 g/mol. The van der Waals surface area contributed by atoms with Crippen LogP contribution >= 0.6 is 0 Å². The smallest absolute Gasteiger partial charge is 0.410 e. The molecule has 0 aliphatic heterocycles. The number of para-hydroxylation sites is 1. The number of nitrogens with one attached hydrogen (secondary N) is 2. The van der Waals surface area contributed by atoms with Crippen molar-refractivity contribution in [2.75, 3.05) is 13.1 Å². The molecule has 40 heavy (non-hydrogen) atoms. The van der Waals surface area contributed by atoms with Gasteiger partial charge in [-0.3, -0.25) is 9.78 Å². The van der Waals surface area contributed by atoms with Crippen LogP contribution in [0.1, 0.15) is 49.4 Å². The molecule has 0 radical (unpaired) electrons. The number of rotatable bonds is 11. The first-order valence-corrected chi connectivity index (χ1v) is 13.7. The van der Waals surface area contributed by atoms with Crippen molar-refractivity contribution in [3.63, 3.8) is 0 Å². The van der Waals surface area contributed by atoms with Crippen LogP contribution in [0.15, 0.2) is 85.3 Å². The molecule has 2 amide bonds. The Kier molecular flexibility index (Phi) is 9.73. The Hall–Kier alpha value is -4.39. The van der Waals surface area contributed by atoms with E-state index in [9.17, 15) is 9.59 Å². The van der Waals surface area contributed by atoms with Gasteiger partial charge in [-0.2, -0.15) is 0 Å². The maximum absolute atomic E-state index is 13.1. The van der Waals surface area contributed by atoms with Gasteiger partial charge >= 0.3 is 6.09 Å². The number of fused-ring (bicyclic) bond motifs is 1. The highest BCUT2D eigenvalue weighted by atomic mass is 16.6. The molecule has 0 aliphatic rings. The molecule has 0 bridgehead atoms. The van der Waals surface area contributed by atoms with Gasteiger partial charge < -0.3 is 19.9 Å². The Morgan fingerprint density at radius 1 is 1.00 bits per heavy atom. The summed E-state index contributed by atoms with van der Waals surface area (Å²) in [7, 11) is 0. The monoisotopic (exact) mass is 538 g/mol. The highest BCUT2D eigenvalue weighted by Crippen LogP contribution is 2.20. The number of nitrogens with zero attached hydrogens (tertiary/aromatic N) is 2. The summed E-state index contributed by atoms with van der Waals surface area (Å²) in [5.74, 6) is -0.117. The fourth-order valence-electron chi connectivity index (χ4n) is 4.40. The van der Waals surface area contributed by atoms with Crippen molar-refractivity contribution in [2.24, 2.45) is 0 Å². The molecule has 4 aromatic rings. The van der Waals surface area contributed by atoms with Gasteiger partial charge in [0.1, 0.15) is 5.60 Å². The summed E-state index contributed by atoms with van der Waals surface area (Å²) in [6.07, 6.45) is 10.8. The molecule has 7 heteroatoms. The number of aromatic amines is 1. The van der Waals surface area contributed by atoms with E-state index in [1.807, 2.05) is 51.2 Å². The van der Waals surface area contributed by atoms with E-state index in [1.165, 1.54) is 22.6 Å². The van der Waals surface area contributed by atoms with Crippen molar-refractivity contribution in [1.29, 1.82) is 0 Å². The van der Waals surface area contributed by atoms with Crippen molar-refractivity contribution in [3.8, 4) is 0 Å². The lowest BCUT2D eigenvalue weighted by Gasteiger charge is -2.27. The summed E-state index contributed by atoms with van der Waals surface area (Å²) in [4.78, 5) is 34.2. The van der Waals surface area contributed by atoms with E-state index in [-0.39, 0.29) is 12.0 Å². The molecule has 0 spiro atoms. The lowest BCUT2D eigenvalue weighted by molar-refractivity contribution is -0.116. The van der Waals surface area contributed by atoms with E-state index in [0.29, 0.717) is 19.6 Å². The molecule has 2 heterocycles. The van der Waals surface area contributed by atoms with Gasteiger partial charge in [0, 0.05) is 55.2 Å². The van der Waals surface area contributed by atoms with Crippen molar-refractivity contribution < 1.29 is 14.3 Å². The first-order chi connectivity index (χ1) is 19.3. The number of hydrogen-bond acceptors (Lipinski definition) is 4. The molecule has 208 valence electrons. The number of amides is 2. The zero-order valence-electron chi connectivity index (χ0n) is 23.5. The van der Waals surface area contributed by atoms with Crippen molar-refractivity contribution in [3.05, 3.63) is 108 Å². The lowest BCUT2D eigenvalue weighted by Crippen LogP contribution is -2.37. The topological polar surface area (TPSA) is 87.3 Å². The molecular weight excluding hydrogens is 500 g/mol. The third-order valence-electron chi connectivity index (χ3n) is 6.43. The van der Waals surface area contributed by atoms with Crippen LogP contribution in [0.3, 0.4) is 0 Å². The summed E-state index contributed by atoms with van der Waals surface area (Å²) >= 11 is 0. The molecule has 7 nitrogen and oxygen atoms in total. The minimum atomic E-state index is -0.566. The predicted octanol–water partition coefficient (Wildman–Crippen LogP) is 6.30. The minimum absolute atomic E-state index is 0.117. The minimum Gasteiger partial charge on any atom is -0.444 e. The lowest BCUT2D eigenvalue weighted by atomic mass is 10.1. The summed E-state index contributed by atoms with van der Waals surface area (Å²) in [5.41, 5.74) is 4.83. The zero-order valence-corrected chi connectivity index (χ0v) is 23.5. The Morgan fingerprint density at radius 3 is 2.52 bits per heavy atom. The number of carbonyl (C=O) groups excluding carboxylic acids is 2. The molecular formula is C33H38N4O3. The molecule has 2 N–H and O–H groups in total. The maximum atomic E-state index is 13.1. The number of aromatic nitrogens is 2. The highest BCUT2D eigenvalue weighted by Gasteiger charge is 2.22. The molecule has 4 rings (SSSR count). The van der Waals surface area contributed by atoms with Crippen LogP contribution in [0, 0.1) is 0 Å². The fourth-order valence-corrected chi connectivity index (χ4v) is 4.40. The van der Waals surface area contributed by atoms with Crippen LogP contribution in [0.2, 0.25) is 0 Å². The first kappa shape index (κ1) is 28.6. The number of H-pyrrole nitrogens is 1. The van der Waals surface area contributed by atoms with Gasteiger partial charge in [-0.05, 0) is 80.5 Å². The second kappa shape index (κ2) is 13.6. The van der Waals surface area contributed by atoms with Crippen LogP contribution in [0.4, 0.5) is 4.79 Å². The van der Waals surface area contributed by atoms with Gasteiger partial charge in [0.25, 0.3) is 0 Å². The van der Waals surface area contributed by atoms with Gasteiger partial charge in [-0.25, -0.2) is 4.79 Å². The number of hydrogen-bond donors (Lipinski definition) is 2. The van der Waals surface area contributed by atoms with Crippen molar-refractivity contribution >= 4 is 29.0 Å². The van der Waals surface area contributed by atoms with Gasteiger partial charge in [-0.1, -0.05) is 48.5 Å². The van der Waals surface area contributed by atoms with Crippen LogP contribution in [0.25, 0.3) is 17.0 Å². The second-order valence-corrected chi connectivity index (χ2v) is 10.8. The number of pyridine rings is 1. The van der Waals surface area contributed by atoms with E-state index in [0.717, 1.165) is 35.9 Å². The number of ether oxygens (including phenoxy) is 1. The third-order valence-corrected chi connectivity index (χ3v) is 6.43. The Morgan fingerprint density at radius 2 is 1.77 bits per heavy atom. The second-order valence-electron chi connectivity index (χ2n) is 10.8. The van der Waals surface area contributed by atoms with E-state index in [4.69, 9.17) is 4.74 Å². The normalized spacial score (nSPS) is 11.6. The average Bonchev–Trinajstić information content (AvgIpc) is 3.35. The van der Waals surface area contributed by atoms with Gasteiger partial charge in [0.05, 0.1) is 0 Å². The quantitative estimate of drug-likeness (QED) is 0.173. The third kappa shape index (κ3) is 8.83. The van der Waals surface area contributed by atoms with Crippen LogP contribution < -0.4 is 5.32 Å². The Balaban J connectivity index is 1.29. The molecule has 0 fully saturated rings. The summed E-state index contributed by atoms with van der Waals surface area (Å²) in [6.45, 7) is 7.27. The summed E-state index contributed by atoms with van der Waals surface area (Å²) < 4.78 is 5.72. The maximum Gasteiger partial charge on any atom is 0.410 e. The first-order valence-electron chi connectivity index (χ1n) is 13.7. The fraction of sp³-hybridized carbons (Fsp3) is 0.303. The number of aryl methyl sites for hydroxylation is 1. The summed E-state index contributed by atoms with van der Waals surface area (Å²) in [5, 5.41) is 4.10. The molecule has 2 aromatic heterocycles. The number of carbonyl (C=O) groups is 2. The Bertz CT molecular complexity index is 1420. The van der Waals surface area contributed by atoms with Crippen molar-refractivity contribution in [2.45, 2.75) is 52.2 Å². The van der Waals surface area contributed by atoms with Gasteiger partial charge in [-0.15, -0.1) is 0 Å². The van der Waals surface area contributed by atoms with E-state index < -0.39 is 5.60 Å². The Labute approximate surface area is 236 Å². The molecule has 0 saturated heterocycles. The predicted molar refractivity (Wildman–Crippen MR) is 160 cm³/mol. The standard InChI is InChI=1S/C33H38N4O3/c1-33(2,3)40-32(39)37(21-18-28-23-36-30-11-5-4-10-29(28)30)24-27-14-12-25(13-15-27)8-7-20-35-31(38)17-16-26-9-6-19-34-22-26/h4-6,9-17,19,22-23,36H,7-8,18,20-21,24H2,1-3H3,(H,35,38)/b17-16+. The number of benzene rings is 2. The van der Waals surface area contributed by atoms with Crippen LogP contribution in [-0.2, 0) is 28.9 Å². The molecule has 0 saturated carbocycles. The van der Waals surface area contributed by atoms with Crippen molar-refractivity contribution in [1.82, 2.24) is 20.2 Å². The van der Waals surface area contributed by atoms with Gasteiger partial charge in [0.15, 0.2) is 0 Å². The molecule has 2 aromatic carbocycles. The molecule has 0 aliphatic carbocycles. The van der Waals surface area contributed by atoms with Gasteiger partial charge in [0.2, 0.25) is 5.91 Å². The SMILES string of the molecule is CC(C)(C)OC(=O)N(CCc1c[nH]c2ccccc12)Cc1ccc(CCCNC(=O)/C=C/c2cccnc2)cc1. The van der Waals surface area contributed by atoms with Crippen LogP contribution in [-0.4, -0.2) is 45.6 Å². The van der Waals surface area contributed by atoms with Crippen LogP contribution in [0.5, 0.6) is 0 Å². The van der Waals surface area contributed by atoms with E-state index >= 15 is 0 Å².